The highest BCUT2D eigenvalue weighted by atomic mass is 15.0. The van der Waals surface area contributed by atoms with Crippen LogP contribution in [0.4, 0.5) is 0 Å². The van der Waals surface area contributed by atoms with Crippen LogP contribution in [0.25, 0.3) is 117 Å². The molecule has 0 saturated heterocycles. The van der Waals surface area contributed by atoms with Crippen molar-refractivity contribution in [3.8, 4) is 69.8 Å². The van der Waals surface area contributed by atoms with E-state index in [-0.39, 0.29) is 16.7 Å². The molecule has 0 radical (unpaired) electrons. The predicted octanol–water partition coefficient (Wildman–Crippen LogP) is 19.0. The van der Waals surface area contributed by atoms with Gasteiger partial charge < -0.3 is 13.7 Å². The topological polar surface area (TPSA) is 158 Å². The van der Waals surface area contributed by atoms with Crippen molar-refractivity contribution in [2.45, 2.75) is 117 Å². The summed E-state index contributed by atoms with van der Waals surface area (Å²) in [5.41, 5.74) is 16.2. The van der Waals surface area contributed by atoms with Gasteiger partial charge in [0.25, 0.3) is 0 Å². The molecule has 3 aromatic heterocycles. The van der Waals surface area contributed by atoms with Crippen molar-refractivity contribution in [2.24, 2.45) is 0 Å². The summed E-state index contributed by atoms with van der Waals surface area (Å²) < 4.78 is 7.94. The summed E-state index contributed by atoms with van der Waals surface area (Å²) in [4.78, 5) is 0. The summed E-state index contributed by atoms with van der Waals surface area (Å²) in [5.74, 6) is 0. The summed E-state index contributed by atoms with van der Waals surface area (Å²) in [5, 5.41) is 64.5. The van der Waals surface area contributed by atoms with Crippen LogP contribution in [0.2, 0.25) is 0 Å². The number of hydrogen-bond acceptors (Lipinski definition) is 6. The van der Waals surface area contributed by atoms with Crippen LogP contribution in [0, 0.1) is 68.0 Å². The number of hydrogen-bond donors (Lipinski definition) is 0. The average Bonchev–Trinajstić information content (AvgIpc) is 3.04. The standard InChI is InChI=1S/C72H63N9/c1-4-7-10-13-34-79-64-31-28-58(55-22-16-49(17-23-55)37-52(43-73)44-74)40-61(64)67-70(79)68-62-41-59(56-24-18-50(19-25-56)38-53(45-75)46-76)29-32-65(62)80(35-14-11-8-5-2)72(68)69-63-42-60(57-26-20-51(21-27-57)39-54(47-77)48-78)30-33-66(63)81(71(67)69)36-15-12-9-6-3/h16-33,37-42H,4-15,34-36H2,1-3H3. The highest BCUT2D eigenvalue weighted by Gasteiger charge is 2.28. The maximum absolute atomic E-state index is 9.53. The molecule has 81 heavy (non-hydrogen) atoms. The molecule has 0 atom stereocenters. The van der Waals surface area contributed by atoms with E-state index in [0.717, 1.165) is 147 Å². The fourth-order valence-electron chi connectivity index (χ4n) is 12.0. The number of nitriles is 6. The molecule has 7 aromatic carbocycles. The Labute approximate surface area is 474 Å². The van der Waals surface area contributed by atoms with Crippen molar-refractivity contribution in [1.82, 2.24) is 13.7 Å². The zero-order valence-electron chi connectivity index (χ0n) is 46.5. The molecule has 0 aliphatic carbocycles. The van der Waals surface area contributed by atoms with Crippen LogP contribution in [0.1, 0.15) is 115 Å². The number of unbranched alkanes of at least 4 members (excludes halogenated alkanes) is 9. The largest absolute Gasteiger partial charge is 0.340 e. The van der Waals surface area contributed by atoms with Crippen LogP contribution in [-0.4, -0.2) is 13.7 Å². The predicted molar refractivity (Wildman–Crippen MR) is 332 cm³/mol. The van der Waals surface area contributed by atoms with Gasteiger partial charge in [-0.3, -0.25) is 0 Å². The van der Waals surface area contributed by atoms with Gasteiger partial charge in [-0.25, -0.2) is 0 Å². The van der Waals surface area contributed by atoms with Crippen LogP contribution in [0.3, 0.4) is 0 Å². The third-order valence-corrected chi connectivity index (χ3v) is 16.0. The average molecular weight is 1050 g/mol. The Balaban J connectivity index is 1.36. The maximum Gasteiger partial charge on any atom is 0.130 e. The molecule has 0 spiro atoms. The van der Waals surface area contributed by atoms with Crippen LogP contribution in [0.5, 0.6) is 0 Å². The number of aromatic nitrogens is 3. The summed E-state index contributed by atoms with van der Waals surface area (Å²) in [6.45, 7) is 9.35. The van der Waals surface area contributed by atoms with E-state index in [1.165, 1.54) is 65.4 Å². The molecule has 9 nitrogen and oxygen atoms in total. The van der Waals surface area contributed by atoms with E-state index in [4.69, 9.17) is 0 Å². The fraction of sp³-hybridized carbons (Fsp3) is 0.250. The van der Waals surface area contributed by atoms with Gasteiger partial charge in [-0.15, -0.1) is 0 Å². The number of allylic oxidation sites excluding steroid dienone is 3. The van der Waals surface area contributed by atoms with Crippen molar-refractivity contribution >= 4 is 83.6 Å². The first-order valence-corrected chi connectivity index (χ1v) is 28.7. The highest BCUT2D eigenvalue weighted by molar-refractivity contribution is 6.40. The minimum absolute atomic E-state index is 0.0628. The molecule has 0 unspecified atom stereocenters. The fourth-order valence-corrected chi connectivity index (χ4v) is 12.0. The molecule has 0 aliphatic heterocycles. The smallest absolute Gasteiger partial charge is 0.130 e. The first-order chi connectivity index (χ1) is 39.8. The molecule has 0 fully saturated rings. The molecule has 0 bridgehead atoms. The number of rotatable bonds is 21. The molecule has 3 heterocycles. The molecular weight excluding hydrogens is 991 g/mol. The number of benzene rings is 7. The second kappa shape index (κ2) is 24.8. The van der Waals surface area contributed by atoms with E-state index < -0.39 is 0 Å². The molecule has 396 valence electrons. The molecule has 10 aromatic rings. The van der Waals surface area contributed by atoms with Crippen LogP contribution in [0.15, 0.2) is 144 Å². The van der Waals surface area contributed by atoms with E-state index in [1.807, 2.05) is 72.8 Å². The number of nitrogens with zero attached hydrogens (tertiary/aromatic N) is 9. The SMILES string of the molecule is CCCCCCn1c2ccc(-c3ccc(C=C(C#N)C#N)cc3)cc2c2c1c1c3cc(-c4ccc(C=C(C#N)C#N)cc4)ccc3n(CCCCCC)c1c1c3cc(-c4ccc(C=C(C#N)C#N)cc4)ccc3n(CCCCCC)c21. The summed E-state index contributed by atoms with van der Waals surface area (Å²) >= 11 is 0. The zero-order chi connectivity index (χ0) is 56.4. The lowest BCUT2D eigenvalue weighted by Gasteiger charge is -2.13. The van der Waals surface area contributed by atoms with Crippen molar-refractivity contribution in [3.63, 3.8) is 0 Å². The van der Waals surface area contributed by atoms with E-state index in [9.17, 15) is 31.6 Å². The number of fused-ring (bicyclic) bond motifs is 12. The first-order valence-electron chi connectivity index (χ1n) is 28.7. The molecular formula is C72H63N9. The van der Waals surface area contributed by atoms with Crippen LogP contribution >= 0.6 is 0 Å². The molecule has 0 N–H and O–H groups in total. The summed E-state index contributed by atoms with van der Waals surface area (Å²) in [6.07, 6.45) is 18.2. The zero-order valence-corrected chi connectivity index (χ0v) is 46.5. The van der Waals surface area contributed by atoms with Gasteiger partial charge in [-0.05, 0) is 124 Å². The van der Waals surface area contributed by atoms with Gasteiger partial charge >= 0.3 is 0 Å². The second-order valence-corrected chi connectivity index (χ2v) is 21.2. The Morgan fingerprint density at radius 1 is 0.321 bits per heavy atom. The Hall–Kier alpha value is -9.90. The van der Waals surface area contributed by atoms with Crippen LogP contribution in [-0.2, 0) is 19.6 Å². The van der Waals surface area contributed by atoms with E-state index >= 15 is 0 Å². The van der Waals surface area contributed by atoms with Crippen molar-refractivity contribution in [1.29, 1.82) is 31.6 Å². The first kappa shape index (κ1) is 54.5. The second-order valence-electron chi connectivity index (χ2n) is 21.2. The Kier molecular flexibility index (Phi) is 16.7. The minimum atomic E-state index is 0.0628. The Morgan fingerprint density at radius 3 is 0.802 bits per heavy atom. The third kappa shape index (κ3) is 10.8. The van der Waals surface area contributed by atoms with Gasteiger partial charge in [0.05, 0.1) is 16.6 Å². The monoisotopic (exact) mass is 1050 g/mol. The Bertz CT molecular complexity index is 3860. The Morgan fingerprint density at radius 2 is 0.568 bits per heavy atom. The molecule has 0 aliphatic rings. The lowest BCUT2D eigenvalue weighted by molar-refractivity contribution is 0.600. The van der Waals surface area contributed by atoms with Gasteiger partial charge in [0, 0.05) is 68.5 Å². The van der Waals surface area contributed by atoms with Crippen molar-refractivity contribution in [3.05, 3.63) is 161 Å². The molecule has 0 amide bonds. The summed E-state index contributed by atoms with van der Waals surface area (Å²) in [7, 11) is 0. The quantitative estimate of drug-likeness (QED) is 0.0515. The van der Waals surface area contributed by atoms with Gasteiger partial charge in [0.2, 0.25) is 0 Å². The minimum Gasteiger partial charge on any atom is -0.340 e. The maximum atomic E-state index is 9.53. The van der Waals surface area contributed by atoms with Crippen molar-refractivity contribution < 1.29 is 0 Å². The highest BCUT2D eigenvalue weighted by Crippen LogP contribution is 2.50. The normalized spacial score (nSPS) is 11.1. The van der Waals surface area contributed by atoms with Crippen LogP contribution < -0.4 is 0 Å². The van der Waals surface area contributed by atoms with E-state index in [2.05, 4.69) is 125 Å². The van der Waals surface area contributed by atoms with E-state index in [0.29, 0.717) is 0 Å². The van der Waals surface area contributed by atoms with Gasteiger partial charge in [0.15, 0.2) is 0 Å². The van der Waals surface area contributed by atoms with Crippen molar-refractivity contribution in [2.75, 3.05) is 0 Å². The summed E-state index contributed by atoms with van der Waals surface area (Å²) in [6, 6.07) is 57.3. The third-order valence-electron chi connectivity index (χ3n) is 16.0. The molecule has 0 saturated carbocycles. The van der Waals surface area contributed by atoms with E-state index in [1.54, 1.807) is 18.2 Å². The number of aryl methyl sites for hydroxylation is 3. The van der Waals surface area contributed by atoms with Gasteiger partial charge in [-0.2, -0.15) is 31.6 Å². The van der Waals surface area contributed by atoms with Gasteiger partial charge in [-0.1, -0.05) is 170 Å². The lowest BCUT2D eigenvalue weighted by atomic mass is 9.97. The molecule has 9 heteroatoms. The molecule has 10 rings (SSSR count). The lowest BCUT2D eigenvalue weighted by Crippen LogP contribution is -2.01. The van der Waals surface area contributed by atoms with Gasteiger partial charge in [0.1, 0.15) is 53.1 Å².